The summed E-state index contributed by atoms with van der Waals surface area (Å²) in [7, 11) is 0. The minimum atomic E-state index is -4.74. The minimum absolute atomic E-state index is 0.0238. The van der Waals surface area contributed by atoms with Crippen LogP contribution in [0.4, 0.5) is 13.2 Å². The van der Waals surface area contributed by atoms with Gasteiger partial charge in [-0.1, -0.05) is 38.1 Å². The number of allylic oxidation sites excluding steroid dienone is 2. The number of nitrogens with zero attached hydrogens (tertiary/aromatic N) is 1. The van der Waals surface area contributed by atoms with E-state index in [0.717, 1.165) is 42.2 Å². The van der Waals surface area contributed by atoms with Gasteiger partial charge in [-0.2, -0.15) is 0 Å². The molecule has 0 bridgehead atoms. The van der Waals surface area contributed by atoms with Gasteiger partial charge in [-0.25, -0.2) is 0 Å². The highest BCUT2D eigenvalue weighted by molar-refractivity contribution is 7.99. The van der Waals surface area contributed by atoms with E-state index < -0.39 is 6.36 Å². The molecule has 11 heteroatoms. The van der Waals surface area contributed by atoms with E-state index in [0.29, 0.717) is 41.1 Å². The van der Waals surface area contributed by atoms with Gasteiger partial charge >= 0.3 is 6.36 Å². The summed E-state index contributed by atoms with van der Waals surface area (Å²) in [5, 5.41) is 5.94. The molecule has 1 aromatic heterocycles. The second-order valence-electron chi connectivity index (χ2n) is 9.94. The number of hydrogen-bond donors (Lipinski definition) is 3. The lowest BCUT2D eigenvalue weighted by Gasteiger charge is -2.18. The van der Waals surface area contributed by atoms with Crippen molar-refractivity contribution in [3.63, 3.8) is 0 Å². The first kappa shape index (κ1) is 30.5. The molecule has 2 heterocycles. The van der Waals surface area contributed by atoms with Crippen LogP contribution in [0.25, 0.3) is 6.08 Å². The first-order valence-corrected chi connectivity index (χ1v) is 14.7. The summed E-state index contributed by atoms with van der Waals surface area (Å²) in [6.07, 6.45) is 1.70. The van der Waals surface area contributed by atoms with Crippen molar-refractivity contribution in [3.05, 3.63) is 81.3 Å². The van der Waals surface area contributed by atoms with Crippen LogP contribution < -0.4 is 15.4 Å². The van der Waals surface area contributed by atoms with Crippen molar-refractivity contribution in [3.8, 4) is 5.75 Å². The fourth-order valence-corrected chi connectivity index (χ4v) is 6.06. The van der Waals surface area contributed by atoms with Gasteiger partial charge in [-0.15, -0.1) is 24.9 Å². The molecule has 2 aliphatic rings. The standard InChI is InChI=1S/C30H35F3N4O3S/c1-5-37(6-2)13-12-34-29(39)27-18(3)26(35-19(27)4)16-24-23-15-22(10-11-25(23)36-28(24)38)41-17-20-8-7-9-21(14-20)40-30(31,32)33/h7-9,11,14-16,22,35H,5-6,10,12-13,17H2,1-4H3,(H,34,39)(H,36,38). The molecule has 41 heavy (non-hydrogen) atoms. The molecule has 1 fully saturated rings. The summed E-state index contributed by atoms with van der Waals surface area (Å²) < 4.78 is 41.8. The summed E-state index contributed by atoms with van der Waals surface area (Å²) in [4.78, 5) is 31.4. The summed E-state index contributed by atoms with van der Waals surface area (Å²) in [5.41, 5.74) is 5.50. The van der Waals surface area contributed by atoms with E-state index in [2.05, 4.69) is 39.1 Å². The number of H-pyrrole nitrogens is 1. The predicted octanol–water partition coefficient (Wildman–Crippen LogP) is 5.63. The predicted molar refractivity (Wildman–Crippen MR) is 155 cm³/mol. The zero-order valence-electron chi connectivity index (χ0n) is 23.6. The third kappa shape index (κ3) is 7.65. The summed E-state index contributed by atoms with van der Waals surface area (Å²) >= 11 is 1.57. The van der Waals surface area contributed by atoms with E-state index in [4.69, 9.17) is 0 Å². The minimum Gasteiger partial charge on any atom is -0.406 e. The van der Waals surface area contributed by atoms with Crippen LogP contribution in [0.1, 0.15) is 53.1 Å². The van der Waals surface area contributed by atoms with Gasteiger partial charge in [0.25, 0.3) is 11.8 Å². The van der Waals surface area contributed by atoms with E-state index in [1.165, 1.54) is 18.2 Å². The molecule has 3 N–H and O–H groups in total. The highest BCUT2D eigenvalue weighted by Gasteiger charge is 2.32. The molecule has 0 saturated carbocycles. The molecule has 1 aliphatic carbocycles. The largest absolute Gasteiger partial charge is 0.573 e. The first-order chi connectivity index (χ1) is 19.5. The van der Waals surface area contributed by atoms with E-state index in [1.54, 1.807) is 23.9 Å². The molecule has 1 unspecified atom stereocenters. The van der Waals surface area contributed by atoms with Crippen LogP contribution in [0.15, 0.2) is 53.3 Å². The quantitative estimate of drug-likeness (QED) is 0.296. The van der Waals surface area contributed by atoms with Crippen LogP contribution in [0.5, 0.6) is 5.75 Å². The van der Waals surface area contributed by atoms with Crippen LogP contribution in [-0.2, 0) is 10.5 Å². The zero-order valence-corrected chi connectivity index (χ0v) is 24.4. The van der Waals surface area contributed by atoms with Crippen molar-refractivity contribution >= 4 is 29.7 Å². The molecule has 4 rings (SSSR count). The highest BCUT2D eigenvalue weighted by Crippen LogP contribution is 2.36. The van der Waals surface area contributed by atoms with Crippen LogP contribution in [0.2, 0.25) is 0 Å². The Hall–Kier alpha value is -3.44. The van der Waals surface area contributed by atoms with Crippen LogP contribution in [0, 0.1) is 13.8 Å². The number of aromatic amines is 1. The van der Waals surface area contributed by atoms with Crippen LogP contribution >= 0.6 is 11.8 Å². The fraction of sp³-hybridized carbons (Fsp3) is 0.400. The third-order valence-electron chi connectivity index (χ3n) is 7.18. The Morgan fingerprint density at radius 3 is 2.71 bits per heavy atom. The molecule has 1 aliphatic heterocycles. The molecular formula is C30H35F3N4O3S. The molecule has 0 radical (unpaired) electrons. The van der Waals surface area contributed by atoms with Gasteiger partial charge in [0.1, 0.15) is 5.75 Å². The molecule has 1 aromatic carbocycles. The zero-order chi connectivity index (χ0) is 29.7. The van der Waals surface area contributed by atoms with Crippen molar-refractivity contribution in [2.75, 3.05) is 26.2 Å². The number of halogens is 3. The van der Waals surface area contributed by atoms with Gasteiger partial charge in [-0.3, -0.25) is 9.59 Å². The lowest BCUT2D eigenvalue weighted by molar-refractivity contribution is -0.274. The van der Waals surface area contributed by atoms with Gasteiger partial charge < -0.3 is 25.3 Å². The first-order valence-electron chi connectivity index (χ1n) is 13.6. The molecule has 2 amide bonds. The van der Waals surface area contributed by atoms with Gasteiger partial charge in [0.2, 0.25) is 0 Å². The summed E-state index contributed by atoms with van der Waals surface area (Å²) in [5.74, 6) is -0.136. The molecule has 7 nitrogen and oxygen atoms in total. The number of carbonyl (C=O) groups is 2. The Morgan fingerprint density at radius 2 is 2.00 bits per heavy atom. The van der Waals surface area contributed by atoms with E-state index in [-0.39, 0.29) is 22.8 Å². The van der Waals surface area contributed by atoms with Gasteiger partial charge in [0.15, 0.2) is 0 Å². The Bertz CT molecular complexity index is 1390. The number of ether oxygens (including phenoxy) is 1. The average Bonchev–Trinajstić information content (AvgIpc) is 3.38. The molecule has 0 spiro atoms. The van der Waals surface area contributed by atoms with Gasteiger partial charge in [0.05, 0.1) is 11.1 Å². The summed E-state index contributed by atoms with van der Waals surface area (Å²) in [6, 6.07) is 5.96. The normalized spacial score (nSPS) is 17.8. The molecule has 2 aromatic rings. The number of nitrogens with one attached hydrogen (secondary N) is 3. The Morgan fingerprint density at radius 1 is 1.24 bits per heavy atom. The number of hydrogen-bond acceptors (Lipinski definition) is 5. The van der Waals surface area contributed by atoms with Crippen molar-refractivity contribution in [1.29, 1.82) is 0 Å². The Kier molecular flexibility index (Phi) is 9.70. The number of benzene rings is 1. The fourth-order valence-electron chi connectivity index (χ4n) is 5.01. The van der Waals surface area contributed by atoms with E-state index in [9.17, 15) is 22.8 Å². The SMILES string of the molecule is CCN(CC)CCNC(=O)c1c(C)[nH]c(C=C2C(=O)NC3=CCC(SCc4cccc(OC(F)(F)F)c4)C=C32)c1C. The lowest BCUT2D eigenvalue weighted by Crippen LogP contribution is -2.35. The van der Waals surface area contributed by atoms with Gasteiger partial charge in [-0.05, 0) is 62.7 Å². The second kappa shape index (κ2) is 13.0. The van der Waals surface area contributed by atoms with Gasteiger partial charge in [0, 0.05) is 46.8 Å². The number of rotatable bonds is 11. The molecular weight excluding hydrogens is 553 g/mol. The second-order valence-corrected chi connectivity index (χ2v) is 11.2. The number of thioether (sulfide) groups is 1. The summed E-state index contributed by atoms with van der Waals surface area (Å²) in [6.45, 7) is 11.0. The van der Waals surface area contributed by atoms with Crippen LogP contribution in [0.3, 0.4) is 0 Å². The topological polar surface area (TPSA) is 86.5 Å². The maximum Gasteiger partial charge on any atom is 0.573 e. The van der Waals surface area contributed by atoms with E-state index in [1.807, 2.05) is 26.0 Å². The number of aromatic nitrogens is 1. The van der Waals surface area contributed by atoms with Crippen molar-refractivity contribution in [2.45, 2.75) is 51.5 Å². The number of likely N-dealkylation sites (N-methyl/N-ethyl adjacent to an activating group) is 1. The molecule has 1 atom stereocenters. The smallest absolute Gasteiger partial charge is 0.406 e. The molecule has 1 saturated heterocycles. The highest BCUT2D eigenvalue weighted by atomic mass is 32.2. The third-order valence-corrected chi connectivity index (χ3v) is 8.43. The number of carbonyl (C=O) groups excluding carboxylic acids is 2. The van der Waals surface area contributed by atoms with E-state index >= 15 is 0 Å². The number of alkyl halides is 3. The van der Waals surface area contributed by atoms with Crippen molar-refractivity contribution in [1.82, 2.24) is 20.5 Å². The Labute approximate surface area is 242 Å². The van der Waals surface area contributed by atoms with Crippen molar-refractivity contribution < 1.29 is 27.5 Å². The number of fused-ring (bicyclic) bond motifs is 1. The maximum absolute atomic E-state index is 13.0. The lowest BCUT2D eigenvalue weighted by atomic mass is 9.98. The molecule has 220 valence electrons. The number of aryl methyl sites for hydroxylation is 1. The maximum atomic E-state index is 13.0. The average molecular weight is 589 g/mol. The monoisotopic (exact) mass is 588 g/mol. The van der Waals surface area contributed by atoms with Crippen LogP contribution in [-0.4, -0.2) is 59.5 Å². The Balaban J connectivity index is 1.47. The van der Waals surface area contributed by atoms with Crippen molar-refractivity contribution in [2.24, 2.45) is 0 Å². The number of amides is 2.